The van der Waals surface area contributed by atoms with Crippen molar-refractivity contribution in [1.82, 2.24) is 15.0 Å². The second-order valence-electron chi connectivity index (χ2n) is 10.4. The molecule has 1 aliphatic heterocycles. The molecule has 1 amide bonds. The Morgan fingerprint density at radius 1 is 1.16 bits per heavy atom. The summed E-state index contributed by atoms with van der Waals surface area (Å²) in [6.45, 7) is 3.71. The fourth-order valence-electron chi connectivity index (χ4n) is 5.60. The van der Waals surface area contributed by atoms with Gasteiger partial charge in [-0.3, -0.25) is 9.59 Å². The molecule has 0 bridgehead atoms. The summed E-state index contributed by atoms with van der Waals surface area (Å²) in [6, 6.07) is 14.0. The van der Waals surface area contributed by atoms with Gasteiger partial charge in [0.1, 0.15) is 6.04 Å². The van der Waals surface area contributed by atoms with Gasteiger partial charge < -0.3 is 14.5 Å². The average Bonchev–Trinajstić information content (AvgIpc) is 3.60. The van der Waals surface area contributed by atoms with Gasteiger partial charge >= 0.3 is 5.97 Å². The third-order valence-corrected chi connectivity index (χ3v) is 8.03. The van der Waals surface area contributed by atoms with Gasteiger partial charge in [0.25, 0.3) is 0 Å². The summed E-state index contributed by atoms with van der Waals surface area (Å²) >= 11 is 12.6. The Balaban J connectivity index is 1.68. The Labute approximate surface area is 225 Å². The Morgan fingerprint density at radius 2 is 1.89 bits per heavy atom. The normalized spacial score (nSPS) is 24.8. The van der Waals surface area contributed by atoms with E-state index in [0.29, 0.717) is 40.5 Å². The topological polar surface area (TPSA) is 96.5 Å². The van der Waals surface area contributed by atoms with E-state index < -0.39 is 23.5 Å². The molecule has 9 heteroatoms. The van der Waals surface area contributed by atoms with E-state index in [1.807, 2.05) is 37.3 Å². The number of aromatic nitrogens is 2. The maximum absolute atomic E-state index is 14.3. The standard InChI is InChI=1S/C28H29Cl2N3O4/c1-3-22(26-31-25(32-37-26)17-7-8-17)33-24(16-9-11-19(29)12-10-16)21(18-5-4-6-20(30)13-18)14-28(2,27(33)36)15-23(34)35/h4-6,9-13,17,21-22,24H,3,7-8,14-15H2,1-2H3,(H,34,35)/t21-,22-,24-,28+/m1/s1. The van der Waals surface area contributed by atoms with Crippen LogP contribution in [0.25, 0.3) is 0 Å². The minimum absolute atomic E-state index is 0.234. The van der Waals surface area contributed by atoms with Crippen LogP contribution in [0.5, 0.6) is 0 Å². The SMILES string of the molecule is CC[C@H](c1nc(C2CC2)no1)N1C(=O)[C@](C)(CC(=O)O)C[C@H](c2cccc(Cl)c2)[C@H]1c1ccc(Cl)cc1. The van der Waals surface area contributed by atoms with Gasteiger partial charge in [-0.15, -0.1) is 0 Å². The molecule has 3 aromatic rings. The zero-order valence-corrected chi connectivity index (χ0v) is 22.2. The van der Waals surface area contributed by atoms with E-state index in [9.17, 15) is 14.7 Å². The highest BCUT2D eigenvalue weighted by atomic mass is 35.5. The largest absolute Gasteiger partial charge is 0.481 e. The molecule has 1 saturated carbocycles. The fraction of sp³-hybridized carbons (Fsp3) is 0.429. The molecule has 2 heterocycles. The quantitative estimate of drug-likeness (QED) is 0.331. The maximum atomic E-state index is 14.3. The lowest BCUT2D eigenvalue weighted by Gasteiger charge is -2.51. The summed E-state index contributed by atoms with van der Waals surface area (Å²) in [5.74, 6) is -0.155. The van der Waals surface area contributed by atoms with E-state index >= 15 is 0 Å². The van der Waals surface area contributed by atoms with Crippen LogP contribution in [0.1, 0.15) is 92.7 Å². The smallest absolute Gasteiger partial charge is 0.304 e. The van der Waals surface area contributed by atoms with Gasteiger partial charge in [-0.1, -0.05) is 66.5 Å². The zero-order valence-electron chi connectivity index (χ0n) is 20.7. The fourth-order valence-corrected chi connectivity index (χ4v) is 5.93. The van der Waals surface area contributed by atoms with E-state index in [4.69, 9.17) is 27.7 Å². The zero-order chi connectivity index (χ0) is 26.3. The van der Waals surface area contributed by atoms with Gasteiger partial charge in [-0.25, -0.2) is 0 Å². The molecule has 2 aliphatic rings. The molecule has 2 aromatic carbocycles. The number of carboxylic acid groups (broad SMARTS) is 1. The Morgan fingerprint density at radius 3 is 2.51 bits per heavy atom. The first-order chi connectivity index (χ1) is 17.7. The third kappa shape index (κ3) is 5.12. The van der Waals surface area contributed by atoms with Gasteiger partial charge in [0.05, 0.1) is 17.9 Å². The highest BCUT2D eigenvalue weighted by Gasteiger charge is 2.53. The van der Waals surface area contributed by atoms with Crippen molar-refractivity contribution in [2.45, 2.75) is 69.9 Å². The molecule has 194 valence electrons. The number of nitrogens with zero attached hydrogens (tertiary/aromatic N) is 3. The van der Waals surface area contributed by atoms with Crippen LogP contribution in [0.3, 0.4) is 0 Å². The number of benzene rings is 2. The molecule has 0 unspecified atom stereocenters. The first-order valence-corrected chi connectivity index (χ1v) is 13.3. The number of hydrogen-bond donors (Lipinski definition) is 1. The molecule has 4 atom stereocenters. The molecule has 1 aromatic heterocycles. The summed E-state index contributed by atoms with van der Waals surface area (Å²) in [5, 5.41) is 15.1. The molecule has 0 spiro atoms. The van der Waals surface area contributed by atoms with Crippen LogP contribution in [-0.4, -0.2) is 32.0 Å². The van der Waals surface area contributed by atoms with Crippen molar-refractivity contribution in [3.63, 3.8) is 0 Å². The maximum Gasteiger partial charge on any atom is 0.304 e. The molecule has 1 N–H and O–H groups in total. The second kappa shape index (κ2) is 10.1. The van der Waals surface area contributed by atoms with Crippen LogP contribution in [0, 0.1) is 5.41 Å². The number of carbonyl (C=O) groups is 2. The summed E-state index contributed by atoms with van der Waals surface area (Å²) in [7, 11) is 0. The van der Waals surface area contributed by atoms with E-state index in [-0.39, 0.29) is 18.2 Å². The molecule has 0 radical (unpaired) electrons. The van der Waals surface area contributed by atoms with Crippen molar-refractivity contribution in [2.75, 3.05) is 0 Å². The highest BCUT2D eigenvalue weighted by Crippen LogP contribution is 2.54. The minimum atomic E-state index is -1.14. The van der Waals surface area contributed by atoms with Crippen LogP contribution < -0.4 is 0 Å². The van der Waals surface area contributed by atoms with Crippen LogP contribution in [-0.2, 0) is 9.59 Å². The number of carboxylic acids is 1. The van der Waals surface area contributed by atoms with Crippen LogP contribution in [0.2, 0.25) is 10.0 Å². The molecule has 7 nitrogen and oxygen atoms in total. The van der Waals surface area contributed by atoms with Gasteiger partial charge in [0, 0.05) is 21.9 Å². The molecular weight excluding hydrogens is 513 g/mol. The number of carbonyl (C=O) groups excluding carboxylic acids is 1. The summed E-state index contributed by atoms with van der Waals surface area (Å²) in [4.78, 5) is 32.8. The van der Waals surface area contributed by atoms with Crippen molar-refractivity contribution in [1.29, 1.82) is 0 Å². The first-order valence-electron chi connectivity index (χ1n) is 12.6. The second-order valence-corrected chi connectivity index (χ2v) is 11.3. The number of hydrogen-bond acceptors (Lipinski definition) is 5. The molecule has 5 rings (SSSR count). The molecule has 37 heavy (non-hydrogen) atoms. The minimum Gasteiger partial charge on any atom is -0.481 e. The third-order valence-electron chi connectivity index (χ3n) is 7.54. The van der Waals surface area contributed by atoms with Gasteiger partial charge in [-0.2, -0.15) is 4.98 Å². The lowest BCUT2D eigenvalue weighted by atomic mass is 9.67. The van der Waals surface area contributed by atoms with E-state index in [1.165, 1.54) is 0 Å². The van der Waals surface area contributed by atoms with Crippen molar-refractivity contribution in [2.24, 2.45) is 5.41 Å². The van der Waals surface area contributed by atoms with Crippen LogP contribution >= 0.6 is 23.2 Å². The van der Waals surface area contributed by atoms with E-state index in [2.05, 4.69) is 10.1 Å². The van der Waals surface area contributed by atoms with Crippen molar-refractivity contribution in [3.8, 4) is 0 Å². The van der Waals surface area contributed by atoms with Crippen LogP contribution in [0.15, 0.2) is 53.1 Å². The predicted octanol–water partition coefficient (Wildman–Crippen LogP) is 6.94. The summed E-state index contributed by atoms with van der Waals surface area (Å²) in [6.07, 6.45) is 2.63. The van der Waals surface area contributed by atoms with Crippen molar-refractivity contribution in [3.05, 3.63) is 81.4 Å². The Hall–Kier alpha value is -2.90. The molecule has 2 fully saturated rings. The van der Waals surface area contributed by atoms with Crippen LogP contribution in [0.4, 0.5) is 0 Å². The number of rotatable bonds is 8. The number of likely N-dealkylation sites (tertiary alicyclic amines) is 1. The number of aliphatic carboxylic acids is 1. The summed E-state index contributed by atoms with van der Waals surface area (Å²) < 4.78 is 5.72. The van der Waals surface area contributed by atoms with Gasteiger partial charge in [0.15, 0.2) is 5.82 Å². The lowest BCUT2D eigenvalue weighted by Crippen LogP contribution is -2.53. The van der Waals surface area contributed by atoms with E-state index in [1.54, 1.807) is 30.0 Å². The van der Waals surface area contributed by atoms with Gasteiger partial charge in [0.2, 0.25) is 11.8 Å². The van der Waals surface area contributed by atoms with Crippen molar-refractivity contribution >= 4 is 35.1 Å². The number of halogens is 2. The first kappa shape index (κ1) is 25.7. The lowest BCUT2D eigenvalue weighted by molar-refractivity contribution is -0.161. The number of amides is 1. The molecule has 1 aliphatic carbocycles. The van der Waals surface area contributed by atoms with Crippen molar-refractivity contribution < 1.29 is 19.2 Å². The average molecular weight is 542 g/mol. The molecule has 1 saturated heterocycles. The highest BCUT2D eigenvalue weighted by molar-refractivity contribution is 6.30. The predicted molar refractivity (Wildman–Crippen MR) is 140 cm³/mol. The van der Waals surface area contributed by atoms with E-state index in [0.717, 1.165) is 24.0 Å². The number of piperidine rings is 1. The van der Waals surface area contributed by atoms with Gasteiger partial charge in [-0.05, 0) is 61.1 Å². The monoisotopic (exact) mass is 541 g/mol. The Kier molecular flexibility index (Phi) is 7.03. The Bertz CT molecular complexity index is 1310. The summed E-state index contributed by atoms with van der Waals surface area (Å²) in [5.41, 5.74) is 0.676. The molecular formula is C28H29Cl2N3O4.